The Kier molecular flexibility index (Phi) is 7.25. The molecule has 7 heteroatoms. The minimum absolute atomic E-state index is 0.0474. The van der Waals surface area contributed by atoms with Gasteiger partial charge in [-0.2, -0.15) is 13.9 Å². The number of benzene rings is 1. The fourth-order valence-electron chi connectivity index (χ4n) is 2.20. The van der Waals surface area contributed by atoms with Gasteiger partial charge in [0, 0.05) is 0 Å². The van der Waals surface area contributed by atoms with Crippen molar-refractivity contribution in [1.29, 1.82) is 0 Å². The number of hydroxylamine groups is 1. The van der Waals surface area contributed by atoms with Gasteiger partial charge < -0.3 is 4.74 Å². The third-order valence-corrected chi connectivity index (χ3v) is 4.47. The Balaban J connectivity index is 2.65. The first-order valence-electron chi connectivity index (χ1n) is 7.37. The number of hydrogen-bond acceptors (Lipinski definition) is 5. The molecule has 0 fully saturated rings. The molecule has 1 N–H and O–H groups in total. The first kappa shape index (κ1) is 19.2. The molecule has 0 aliphatic rings. The zero-order valence-corrected chi connectivity index (χ0v) is 14.7. The lowest BCUT2D eigenvalue weighted by Gasteiger charge is -2.12. The van der Waals surface area contributed by atoms with E-state index in [0.717, 1.165) is 18.4 Å². The molecule has 6 nitrogen and oxygen atoms in total. The van der Waals surface area contributed by atoms with Crippen LogP contribution in [0.4, 0.5) is 4.79 Å². The summed E-state index contributed by atoms with van der Waals surface area (Å²) in [5, 5.41) is 0. The molecule has 0 saturated heterocycles. The van der Waals surface area contributed by atoms with Crippen LogP contribution < -0.4 is 5.48 Å². The van der Waals surface area contributed by atoms with E-state index in [9.17, 15) is 13.2 Å². The Hall–Kier alpha value is -1.86. The van der Waals surface area contributed by atoms with Crippen molar-refractivity contribution in [1.82, 2.24) is 5.48 Å². The number of carbonyl (C=O) groups is 1. The zero-order valence-electron chi connectivity index (χ0n) is 13.9. The Labute approximate surface area is 137 Å². The fourth-order valence-corrected chi connectivity index (χ4v) is 3.37. The van der Waals surface area contributed by atoms with Crippen molar-refractivity contribution < 1.29 is 22.2 Å². The second-order valence-corrected chi connectivity index (χ2v) is 6.71. The lowest BCUT2D eigenvalue weighted by atomic mass is 10.1. The van der Waals surface area contributed by atoms with Crippen LogP contribution in [0.1, 0.15) is 36.5 Å². The number of allylic oxidation sites excluding steroid dienone is 1. The van der Waals surface area contributed by atoms with Crippen LogP contribution in [0.25, 0.3) is 0 Å². The minimum Gasteiger partial charge on any atom is -0.444 e. The molecule has 0 radical (unpaired) electrons. The highest BCUT2D eigenvalue weighted by atomic mass is 32.2. The van der Waals surface area contributed by atoms with Gasteiger partial charge in [-0.15, -0.1) is 4.28 Å². The molecule has 1 aromatic carbocycles. The lowest BCUT2D eigenvalue weighted by molar-refractivity contribution is 0.111. The largest absolute Gasteiger partial charge is 0.444 e. The summed E-state index contributed by atoms with van der Waals surface area (Å²) in [7, 11) is -4.10. The van der Waals surface area contributed by atoms with Gasteiger partial charge in [0.1, 0.15) is 11.5 Å². The predicted molar refractivity (Wildman–Crippen MR) is 87.5 cm³/mol. The van der Waals surface area contributed by atoms with Gasteiger partial charge in [0.15, 0.2) is 0 Å². The maximum absolute atomic E-state index is 12.2. The molecule has 0 aliphatic heterocycles. The first-order chi connectivity index (χ1) is 10.8. The normalized spacial score (nSPS) is 11.7. The fraction of sp³-hybridized carbons (Fsp3) is 0.438. The van der Waals surface area contributed by atoms with Crippen LogP contribution in [0.2, 0.25) is 0 Å². The second-order valence-electron chi connectivity index (χ2n) is 5.23. The summed E-state index contributed by atoms with van der Waals surface area (Å²) in [4.78, 5) is 11.5. The quantitative estimate of drug-likeness (QED) is 0.608. The van der Waals surface area contributed by atoms with Crippen molar-refractivity contribution in [3.8, 4) is 0 Å². The summed E-state index contributed by atoms with van der Waals surface area (Å²) in [5.74, 6) is 0. The topological polar surface area (TPSA) is 81.7 Å². The molecule has 128 valence electrons. The molecular formula is C16H23NO5S. The van der Waals surface area contributed by atoms with Gasteiger partial charge in [-0.1, -0.05) is 43.2 Å². The molecule has 1 rings (SSSR count). The zero-order chi connectivity index (χ0) is 17.5. The summed E-state index contributed by atoms with van der Waals surface area (Å²) < 4.78 is 33.8. The molecule has 1 amide bonds. The van der Waals surface area contributed by atoms with Crippen LogP contribution in [0.5, 0.6) is 0 Å². The number of carbonyl (C=O) groups excluding carboxylic acids is 1. The van der Waals surface area contributed by atoms with Gasteiger partial charge in [0.05, 0.1) is 0 Å². The highest BCUT2D eigenvalue weighted by Crippen LogP contribution is 2.22. The highest BCUT2D eigenvalue weighted by Gasteiger charge is 2.22. The lowest BCUT2D eigenvalue weighted by Crippen LogP contribution is -2.28. The highest BCUT2D eigenvalue weighted by molar-refractivity contribution is 7.86. The van der Waals surface area contributed by atoms with E-state index in [4.69, 9.17) is 4.74 Å². The molecule has 0 aromatic heterocycles. The maximum atomic E-state index is 12.2. The molecule has 1 aromatic rings. The monoisotopic (exact) mass is 341 g/mol. The predicted octanol–water partition coefficient (Wildman–Crippen LogP) is 3.31. The number of nitrogens with one attached hydrogen (secondary N) is 1. The summed E-state index contributed by atoms with van der Waals surface area (Å²) >= 11 is 0. The second kappa shape index (κ2) is 8.69. The molecule has 0 atom stereocenters. The number of ether oxygens (including phenoxy) is 1. The Morgan fingerprint density at radius 3 is 2.35 bits per heavy atom. The van der Waals surface area contributed by atoms with Gasteiger partial charge in [0.25, 0.3) is 0 Å². The summed E-state index contributed by atoms with van der Waals surface area (Å²) in [5.41, 5.74) is 3.86. The van der Waals surface area contributed by atoms with Gasteiger partial charge in [-0.25, -0.2) is 4.79 Å². The number of hydrogen-bond donors (Lipinski definition) is 1. The van der Waals surface area contributed by atoms with Crippen LogP contribution in [0.15, 0.2) is 29.2 Å². The van der Waals surface area contributed by atoms with Gasteiger partial charge >= 0.3 is 16.2 Å². The first-order valence-corrected chi connectivity index (χ1v) is 8.78. The van der Waals surface area contributed by atoms with Crippen molar-refractivity contribution in [3.63, 3.8) is 0 Å². The van der Waals surface area contributed by atoms with E-state index in [1.807, 2.05) is 19.9 Å². The number of aryl methyl sites for hydroxylation is 3. The van der Waals surface area contributed by atoms with E-state index < -0.39 is 16.2 Å². The Morgan fingerprint density at radius 1 is 1.17 bits per heavy atom. The van der Waals surface area contributed by atoms with Crippen LogP contribution in [-0.2, 0) is 19.1 Å². The van der Waals surface area contributed by atoms with Gasteiger partial charge in [-0.3, -0.25) is 0 Å². The van der Waals surface area contributed by atoms with E-state index in [1.54, 1.807) is 37.5 Å². The third-order valence-electron chi connectivity index (χ3n) is 3.02. The minimum atomic E-state index is -4.10. The standard InChI is InChI=1S/C16H23NO5S/c1-5-6-7-8-9-21-16(18)17-22-23(19,20)15-13(3)10-12(2)11-14(15)4/h7-8,10-11H,5-6,9H2,1-4H3,(H,17,18)/b8-7+. The van der Waals surface area contributed by atoms with Crippen LogP contribution >= 0.6 is 0 Å². The average Bonchev–Trinajstić information content (AvgIpc) is 2.43. The molecule has 0 bridgehead atoms. The SMILES string of the molecule is CCC/C=C/COC(=O)NOS(=O)(=O)c1c(C)cc(C)cc1C. The molecule has 0 heterocycles. The van der Waals surface area contributed by atoms with E-state index in [2.05, 4.69) is 4.28 Å². The van der Waals surface area contributed by atoms with Crippen molar-refractivity contribution in [2.45, 2.75) is 45.4 Å². The number of rotatable bonds is 7. The molecule has 23 heavy (non-hydrogen) atoms. The van der Waals surface area contributed by atoms with E-state index in [-0.39, 0.29) is 11.5 Å². The number of unbranched alkanes of at least 4 members (excludes halogenated alkanes) is 1. The smallest absolute Gasteiger partial charge is 0.432 e. The van der Waals surface area contributed by atoms with Crippen molar-refractivity contribution in [3.05, 3.63) is 41.0 Å². The molecule has 0 saturated carbocycles. The van der Waals surface area contributed by atoms with Crippen LogP contribution in [0.3, 0.4) is 0 Å². The van der Waals surface area contributed by atoms with E-state index >= 15 is 0 Å². The van der Waals surface area contributed by atoms with E-state index in [0.29, 0.717) is 11.1 Å². The molecule has 0 spiro atoms. The third kappa shape index (κ3) is 6.03. The van der Waals surface area contributed by atoms with Gasteiger partial charge in [0.2, 0.25) is 0 Å². The summed E-state index contributed by atoms with van der Waals surface area (Å²) in [6.07, 6.45) is 4.49. The summed E-state index contributed by atoms with van der Waals surface area (Å²) in [6.45, 7) is 7.31. The van der Waals surface area contributed by atoms with Gasteiger partial charge in [-0.05, 0) is 38.3 Å². The summed E-state index contributed by atoms with van der Waals surface area (Å²) in [6, 6.07) is 3.47. The Morgan fingerprint density at radius 2 is 1.78 bits per heavy atom. The van der Waals surface area contributed by atoms with E-state index in [1.165, 1.54) is 0 Å². The van der Waals surface area contributed by atoms with Crippen LogP contribution in [-0.4, -0.2) is 21.1 Å². The molecule has 0 aliphatic carbocycles. The van der Waals surface area contributed by atoms with Crippen LogP contribution in [0, 0.1) is 20.8 Å². The van der Waals surface area contributed by atoms with Crippen molar-refractivity contribution in [2.24, 2.45) is 0 Å². The average molecular weight is 341 g/mol. The maximum Gasteiger partial charge on any atom is 0.432 e. The number of amides is 1. The van der Waals surface area contributed by atoms with Crippen molar-refractivity contribution in [2.75, 3.05) is 6.61 Å². The molecular weight excluding hydrogens is 318 g/mol. The Bertz CT molecular complexity index is 657. The molecule has 0 unspecified atom stereocenters. The van der Waals surface area contributed by atoms with Crippen molar-refractivity contribution >= 4 is 16.2 Å².